The van der Waals surface area contributed by atoms with Crippen LogP contribution in [0, 0.1) is 5.92 Å². The summed E-state index contributed by atoms with van der Waals surface area (Å²) in [5.74, 6) is -2.16. The van der Waals surface area contributed by atoms with E-state index in [1.165, 1.54) is 11.0 Å². The molecular weight excluding hydrogens is 508 g/mol. The summed E-state index contributed by atoms with van der Waals surface area (Å²) < 4.78 is 11.4. The summed E-state index contributed by atoms with van der Waals surface area (Å²) in [5.41, 5.74) is 0.696. The fourth-order valence-electron chi connectivity index (χ4n) is 4.45. The van der Waals surface area contributed by atoms with Crippen molar-refractivity contribution in [2.75, 3.05) is 5.32 Å². The van der Waals surface area contributed by atoms with E-state index in [0.717, 1.165) is 16.3 Å². The van der Waals surface area contributed by atoms with Crippen LogP contribution >= 0.6 is 0 Å². The topological polar surface area (TPSA) is 109 Å². The van der Waals surface area contributed by atoms with Crippen LogP contribution in [0.3, 0.4) is 0 Å². The molecule has 0 bridgehead atoms. The van der Waals surface area contributed by atoms with Crippen LogP contribution in [0.1, 0.15) is 49.6 Å². The number of aliphatic carboxylic acids is 1. The summed E-state index contributed by atoms with van der Waals surface area (Å²) in [6, 6.07) is 25.1. The Morgan fingerprint density at radius 3 is 2.27 bits per heavy atom. The van der Waals surface area contributed by atoms with E-state index in [-0.39, 0.29) is 18.7 Å². The molecule has 0 fully saturated rings. The van der Waals surface area contributed by atoms with Crippen molar-refractivity contribution in [3.8, 4) is 0 Å². The molecule has 4 rings (SSSR count). The van der Waals surface area contributed by atoms with Gasteiger partial charge in [0, 0.05) is 24.7 Å². The molecule has 2 N–H and O–H groups in total. The second-order valence-electron chi connectivity index (χ2n) is 10.8. The number of carboxylic acids is 1. The molecule has 0 aliphatic heterocycles. The van der Waals surface area contributed by atoms with Crippen LogP contribution < -0.4 is 5.32 Å². The summed E-state index contributed by atoms with van der Waals surface area (Å²) >= 11 is 0. The van der Waals surface area contributed by atoms with E-state index < -0.39 is 35.5 Å². The van der Waals surface area contributed by atoms with Gasteiger partial charge in [0.05, 0.1) is 5.92 Å². The number of nitrogens with zero attached hydrogens (tertiary/aromatic N) is 1. The number of furan rings is 1. The van der Waals surface area contributed by atoms with Crippen LogP contribution in [0.25, 0.3) is 10.8 Å². The summed E-state index contributed by atoms with van der Waals surface area (Å²) in [5, 5.41) is 15.0. The van der Waals surface area contributed by atoms with Crippen LogP contribution in [0.15, 0.2) is 89.3 Å². The lowest BCUT2D eigenvalue weighted by molar-refractivity contribution is -0.144. The van der Waals surface area contributed by atoms with Crippen LogP contribution in [-0.2, 0) is 22.5 Å². The van der Waals surface area contributed by atoms with Crippen LogP contribution in [0.2, 0.25) is 0 Å². The van der Waals surface area contributed by atoms with Gasteiger partial charge < -0.3 is 24.5 Å². The van der Waals surface area contributed by atoms with E-state index in [2.05, 4.69) is 5.32 Å². The molecule has 2 atom stereocenters. The summed E-state index contributed by atoms with van der Waals surface area (Å²) in [7, 11) is 0. The van der Waals surface area contributed by atoms with Gasteiger partial charge in [-0.1, -0.05) is 54.6 Å². The lowest BCUT2D eigenvalue weighted by Crippen LogP contribution is -2.47. The third-order valence-corrected chi connectivity index (χ3v) is 6.52. The first-order valence-electron chi connectivity index (χ1n) is 13.2. The molecular formula is C32H34N2O6. The van der Waals surface area contributed by atoms with Gasteiger partial charge >= 0.3 is 12.1 Å². The highest BCUT2D eigenvalue weighted by atomic mass is 16.6. The Balaban J connectivity index is 1.56. The Kier molecular flexibility index (Phi) is 8.58. The molecule has 40 heavy (non-hydrogen) atoms. The Morgan fingerprint density at radius 2 is 1.60 bits per heavy atom. The number of nitrogens with one attached hydrogen (secondary N) is 1. The number of ether oxygens (including phenoxy) is 1. The Morgan fingerprint density at radius 1 is 0.925 bits per heavy atom. The largest absolute Gasteiger partial charge is 0.481 e. The number of carbonyl (C=O) groups is 3. The summed E-state index contributed by atoms with van der Waals surface area (Å²) in [6.45, 7) is 7.15. The van der Waals surface area contributed by atoms with Crippen LogP contribution in [0.4, 0.5) is 10.5 Å². The van der Waals surface area contributed by atoms with E-state index in [9.17, 15) is 19.5 Å². The van der Waals surface area contributed by atoms with Gasteiger partial charge in [-0.3, -0.25) is 9.59 Å². The van der Waals surface area contributed by atoms with E-state index in [1.54, 1.807) is 58.0 Å². The molecule has 0 saturated heterocycles. The SMILES string of the molecule is CC(C(Cc1ccc(C(=O)Nc2ccccc2)o1)C(=O)O)N(Cc1ccc2ccccc2c1)C(=O)OC(C)(C)C. The lowest BCUT2D eigenvalue weighted by Gasteiger charge is -2.34. The molecule has 8 nitrogen and oxygen atoms in total. The lowest BCUT2D eigenvalue weighted by atomic mass is 9.94. The Labute approximate surface area is 233 Å². The van der Waals surface area contributed by atoms with Gasteiger partial charge in [0.2, 0.25) is 0 Å². The highest BCUT2D eigenvalue weighted by molar-refractivity contribution is 6.02. The van der Waals surface area contributed by atoms with Gasteiger partial charge in [0.25, 0.3) is 5.91 Å². The van der Waals surface area contributed by atoms with Gasteiger partial charge in [-0.15, -0.1) is 0 Å². The zero-order valence-electron chi connectivity index (χ0n) is 23.1. The number of carbonyl (C=O) groups excluding carboxylic acids is 2. The van der Waals surface area contributed by atoms with Crippen molar-refractivity contribution >= 4 is 34.4 Å². The maximum Gasteiger partial charge on any atom is 0.410 e. The summed E-state index contributed by atoms with van der Waals surface area (Å²) in [6.07, 6.45) is -0.631. The van der Waals surface area contributed by atoms with Gasteiger partial charge in [0.15, 0.2) is 5.76 Å². The highest BCUT2D eigenvalue weighted by Gasteiger charge is 2.35. The molecule has 1 heterocycles. The molecule has 0 spiro atoms. The standard InChI is InChI=1S/C32H34N2O6/c1-21(27(30(36)37)19-26-16-17-28(39-26)29(35)33-25-12-6-5-7-13-25)34(31(38)40-32(2,3)4)20-22-14-15-23-10-8-9-11-24(23)18-22/h5-18,21,27H,19-20H2,1-4H3,(H,33,35)(H,36,37). The zero-order valence-corrected chi connectivity index (χ0v) is 23.1. The molecule has 2 amide bonds. The fraction of sp³-hybridized carbons (Fsp3) is 0.281. The van der Waals surface area contributed by atoms with Crippen molar-refractivity contribution in [1.82, 2.24) is 4.90 Å². The molecule has 1 aromatic heterocycles. The molecule has 4 aromatic rings. The smallest absolute Gasteiger partial charge is 0.410 e. The first-order valence-corrected chi connectivity index (χ1v) is 13.2. The number of rotatable bonds is 9. The highest BCUT2D eigenvalue weighted by Crippen LogP contribution is 2.25. The minimum atomic E-state index is -1.09. The molecule has 2 unspecified atom stereocenters. The van der Waals surface area contributed by atoms with Gasteiger partial charge in [-0.05, 0) is 74.4 Å². The van der Waals surface area contributed by atoms with Gasteiger partial charge in [-0.25, -0.2) is 4.79 Å². The predicted octanol–water partition coefficient (Wildman–Crippen LogP) is 6.75. The van der Waals surface area contributed by atoms with E-state index in [0.29, 0.717) is 11.4 Å². The van der Waals surface area contributed by atoms with Crippen molar-refractivity contribution < 1.29 is 28.6 Å². The Bertz CT molecular complexity index is 1490. The molecule has 0 aliphatic rings. The number of hydrogen-bond acceptors (Lipinski definition) is 5. The average Bonchev–Trinajstić information content (AvgIpc) is 3.38. The first-order chi connectivity index (χ1) is 19.0. The molecule has 0 aliphatic carbocycles. The molecule has 0 radical (unpaired) electrons. The fourth-order valence-corrected chi connectivity index (χ4v) is 4.45. The number of anilines is 1. The number of carboxylic acid groups (broad SMARTS) is 1. The van der Waals surface area contributed by atoms with Crippen molar-refractivity contribution in [3.63, 3.8) is 0 Å². The normalized spacial score (nSPS) is 12.9. The average molecular weight is 543 g/mol. The quantitative estimate of drug-likeness (QED) is 0.242. The van der Waals surface area contributed by atoms with E-state index >= 15 is 0 Å². The first kappa shape index (κ1) is 28.4. The van der Waals surface area contributed by atoms with Crippen LogP contribution in [-0.4, -0.2) is 39.6 Å². The number of amides is 2. The van der Waals surface area contributed by atoms with E-state index in [4.69, 9.17) is 9.15 Å². The van der Waals surface area contributed by atoms with Crippen molar-refractivity contribution in [1.29, 1.82) is 0 Å². The molecule has 3 aromatic carbocycles. The number of benzene rings is 3. The maximum atomic E-state index is 13.3. The minimum Gasteiger partial charge on any atom is -0.481 e. The van der Waals surface area contributed by atoms with Crippen LogP contribution in [0.5, 0.6) is 0 Å². The van der Waals surface area contributed by atoms with Crippen molar-refractivity contribution in [3.05, 3.63) is 102 Å². The van der Waals surface area contributed by atoms with E-state index in [1.807, 2.05) is 48.5 Å². The van der Waals surface area contributed by atoms with Crippen molar-refractivity contribution in [2.24, 2.45) is 5.92 Å². The maximum absolute atomic E-state index is 13.3. The number of para-hydroxylation sites is 1. The molecule has 0 saturated carbocycles. The van der Waals surface area contributed by atoms with Gasteiger partial charge in [0.1, 0.15) is 11.4 Å². The van der Waals surface area contributed by atoms with Crippen molar-refractivity contribution in [2.45, 2.75) is 52.3 Å². The number of hydrogen-bond donors (Lipinski definition) is 2. The predicted molar refractivity (Wildman–Crippen MR) is 153 cm³/mol. The summed E-state index contributed by atoms with van der Waals surface area (Å²) in [4.78, 5) is 39.9. The molecule has 208 valence electrons. The number of fused-ring (bicyclic) bond motifs is 1. The zero-order chi connectivity index (χ0) is 28.9. The second kappa shape index (κ2) is 12.1. The monoisotopic (exact) mass is 542 g/mol. The molecule has 8 heteroatoms. The minimum absolute atomic E-state index is 0.0217. The third-order valence-electron chi connectivity index (χ3n) is 6.52. The second-order valence-corrected chi connectivity index (χ2v) is 10.8. The third kappa shape index (κ3) is 7.28. The van der Waals surface area contributed by atoms with Gasteiger partial charge in [-0.2, -0.15) is 0 Å². The Hall–Kier alpha value is -4.59.